The maximum absolute atomic E-state index is 13.1. The molecule has 0 aromatic heterocycles. The Morgan fingerprint density at radius 1 is 0.857 bits per heavy atom. The normalized spacial score (nSPS) is 13.0. The van der Waals surface area contributed by atoms with Gasteiger partial charge in [-0.15, -0.1) is 5.11 Å². The van der Waals surface area contributed by atoms with E-state index in [2.05, 4.69) is 15.5 Å². The lowest BCUT2D eigenvalue weighted by atomic mass is 10.1. The Bertz CT molecular complexity index is 1290. The number of benzene rings is 3. The molecule has 0 heterocycles. The van der Waals surface area contributed by atoms with E-state index in [0.29, 0.717) is 12.1 Å². The van der Waals surface area contributed by atoms with Gasteiger partial charge in [0.15, 0.2) is 11.5 Å². The fraction of sp³-hybridized carbons (Fsp3) is 0.0870. The number of carbonyl (C=O) groups excluding carboxylic acids is 1. The van der Waals surface area contributed by atoms with E-state index in [0.717, 1.165) is 24.3 Å². The van der Waals surface area contributed by atoms with Crippen LogP contribution in [0.4, 0.5) is 37.7 Å². The molecule has 0 spiro atoms. The maximum Gasteiger partial charge on any atom is 0.417 e. The molecule has 5 nitrogen and oxygen atoms in total. The van der Waals surface area contributed by atoms with Crippen LogP contribution in [0, 0.1) is 0 Å². The molecular weight excluding hydrogens is 500 g/mol. The van der Waals surface area contributed by atoms with Crippen LogP contribution < -0.4 is 5.32 Å². The Morgan fingerprint density at radius 3 is 2.17 bits per heavy atom. The molecule has 0 aliphatic carbocycles. The maximum atomic E-state index is 13.1. The molecule has 35 heavy (non-hydrogen) atoms. The lowest BCUT2D eigenvalue weighted by molar-refractivity contribution is -0.138. The van der Waals surface area contributed by atoms with Crippen molar-refractivity contribution >= 4 is 34.6 Å². The molecule has 0 saturated carbocycles. The molecule has 0 atom stereocenters. The third-order valence-corrected chi connectivity index (χ3v) is 4.78. The number of azo groups is 1. The van der Waals surface area contributed by atoms with Crippen LogP contribution in [0.15, 0.2) is 88.7 Å². The SMILES string of the molecule is O=C(Nc1ccc(Cl)c(C(F)(F)F)c1)/C(N=Nc1cccc(C(F)(F)F)c1)=C(/O)c1ccccc1. The Morgan fingerprint density at radius 2 is 1.54 bits per heavy atom. The standard InChI is InChI=1S/C23H14ClF6N3O2/c24-18-10-9-15(12-17(18)23(28,29)30)31-21(35)19(20(34)13-5-2-1-3-6-13)33-32-16-8-4-7-14(11-16)22(25,26)27/h1-12,34H,(H,31,35)/b20-19-,33-32?. The zero-order valence-electron chi connectivity index (χ0n) is 17.3. The summed E-state index contributed by atoms with van der Waals surface area (Å²) in [7, 11) is 0. The van der Waals surface area contributed by atoms with Crippen LogP contribution in [0.2, 0.25) is 5.02 Å². The third-order valence-electron chi connectivity index (χ3n) is 4.46. The van der Waals surface area contributed by atoms with E-state index >= 15 is 0 Å². The molecular formula is C23H14ClF6N3O2. The van der Waals surface area contributed by atoms with E-state index in [1.54, 1.807) is 6.07 Å². The Labute approximate surface area is 199 Å². The highest BCUT2D eigenvalue weighted by molar-refractivity contribution is 6.31. The molecule has 12 heteroatoms. The van der Waals surface area contributed by atoms with Gasteiger partial charge in [0.25, 0.3) is 5.91 Å². The fourth-order valence-corrected chi connectivity index (χ4v) is 3.02. The summed E-state index contributed by atoms with van der Waals surface area (Å²) in [5.41, 5.74) is -3.47. The topological polar surface area (TPSA) is 74.0 Å². The van der Waals surface area contributed by atoms with Crippen molar-refractivity contribution in [3.63, 3.8) is 0 Å². The smallest absolute Gasteiger partial charge is 0.417 e. The summed E-state index contributed by atoms with van der Waals surface area (Å²) in [4.78, 5) is 12.8. The highest BCUT2D eigenvalue weighted by Gasteiger charge is 2.34. The molecule has 0 saturated heterocycles. The van der Waals surface area contributed by atoms with E-state index in [-0.39, 0.29) is 16.9 Å². The van der Waals surface area contributed by atoms with E-state index in [9.17, 15) is 36.2 Å². The van der Waals surface area contributed by atoms with E-state index in [1.807, 2.05) is 0 Å². The first kappa shape index (κ1) is 25.8. The van der Waals surface area contributed by atoms with Crippen molar-refractivity contribution in [2.75, 3.05) is 5.32 Å². The third kappa shape index (κ3) is 6.60. The molecule has 3 rings (SSSR count). The molecule has 3 aromatic carbocycles. The first-order chi connectivity index (χ1) is 16.4. The zero-order chi connectivity index (χ0) is 25.8. The summed E-state index contributed by atoms with van der Waals surface area (Å²) >= 11 is 5.58. The predicted molar refractivity (Wildman–Crippen MR) is 117 cm³/mol. The number of aliphatic hydroxyl groups excluding tert-OH is 1. The van der Waals surface area contributed by atoms with Crippen molar-refractivity contribution in [3.05, 3.63) is 100 Å². The van der Waals surface area contributed by atoms with Crippen LogP contribution in [-0.2, 0) is 17.1 Å². The monoisotopic (exact) mass is 513 g/mol. The number of aliphatic hydroxyl groups is 1. The number of hydrogen-bond acceptors (Lipinski definition) is 4. The number of halogens is 7. The minimum Gasteiger partial charge on any atom is -0.505 e. The van der Waals surface area contributed by atoms with Gasteiger partial charge in [0.2, 0.25) is 0 Å². The second-order valence-electron chi connectivity index (χ2n) is 6.96. The van der Waals surface area contributed by atoms with Crippen molar-refractivity contribution in [1.29, 1.82) is 0 Å². The number of nitrogens with zero attached hydrogens (tertiary/aromatic N) is 2. The van der Waals surface area contributed by atoms with Gasteiger partial charge < -0.3 is 10.4 Å². The molecule has 3 aromatic rings. The summed E-state index contributed by atoms with van der Waals surface area (Å²) in [5.74, 6) is -1.87. The largest absolute Gasteiger partial charge is 0.505 e. The number of anilines is 1. The lowest BCUT2D eigenvalue weighted by Crippen LogP contribution is -2.16. The molecule has 0 aliphatic heterocycles. The first-order valence-corrected chi connectivity index (χ1v) is 10.00. The summed E-state index contributed by atoms with van der Waals surface area (Å²) in [5, 5.41) is 19.4. The average molecular weight is 514 g/mol. The highest BCUT2D eigenvalue weighted by atomic mass is 35.5. The summed E-state index contributed by atoms with van der Waals surface area (Å²) in [6.07, 6.45) is -9.45. The van der Waals surface area contributed by atoms with Crippen molar-refractivity contribution in [2.24, 2.45) is 10.2 Å². The van der Waals surface area contributed by atoms with Gasteiger partial charge in [-0.3, -0.25) is 4.79 Å². The van der Waals surface area contributed by atoms with Gasteiger partial charge in [-0.2, -0.15) is 31.5 Å². The fourth-order valence-electron chi connectivity index (χ4n) is 2.80. The molecule has 1 amide bonds. The molecule has 0 aliphatic rings. The van der Waals surface area contributed by atoms with Crippen LogP contribution in [0.1, 0.15) is 16.7 Å². The number of hydrogen-bond donors (Lipinski definition) is 2. The number of carbonyl (C=O) groups is 1. The van der Waals surface area contributed by atoms with E-state index in [4.69, 9.17) is 11.6 Å². The van der Waals surface area contributed by atoms with Gasteiger partial charge in [-0.05, 0) is 36.4 Å². The number of amides is 1. The number of alkyl halides is 6. The van der Waals surface area contributed by atoms with Crippen LogP contribution >= 0.6 is 11.6 Å². The minimum atomic E-state index is -4.80. The number of rotatable bonds is 5. The molecule has 0 bridgehead atoms. The van der Waals surface area contributed by atoms with Crippen LogP contribution in [0.25, 0.3) is 5.76 Å². The summed E-state index contributed by atoms with van der Waals surface area (Å²) in [6.45, 7) is 0. The van der Waals surface area contributed by atoms with Crippen molar-refractivity contribution in [2.45, 2.75) is 12.4 Å². The van der Waals surface area contributed by atoms with Gasteiger partial charge in [0.1, 0.15) is 0 Å². The quantitative estimate of drug-likeness (QED) is 0.157. The summed E-state index contributed by atoms with van der Waals surface area (Å²) < 4.78 is 78.3. The summed E-state index contributed by atoms with van der Waals surface area (Å²) in [6, 6.07) is 13.8. The Balaban J connectivity index is 2.01. The van der Waals surface area contributed by atoms with Crippen LogP contribution in [0.3, 0.4) is 0 Å². The van der Waals surface area contributed by atoms with E-state index in [1.165, 1.54) is 30.3 Å². The second-order valence-corrected chi connectivity index (χ2v) is 7.37. The van der Waals surface area contributed by atoms with Gasteiger partial charge in [-0.1, -0.05) is 48.0 Å². The number of nitrogens with one attached hydrogen (secondary N) is 1. The Hall–Kier alpha value is -3.86. The van der Waals surface area contributed by atoms with Crippen molar-refractivity contribution in [1.82, 2.24) is 0 Å². The highest BCUT2D eigenvalue weighted by Crippen LogP contribution is 2.36. The van der Waals surface area contributed by atoms with Crippen molar-refractivity contribution < 1.29 is 36.2 Å². The van der Waals surface area contributed by atoms with Crippen molar-refractivity contribution in [3.8, 4) is 0 Å². The molecule has 0 radical (unpaired) electrons. The molecule has 182 valence electrons. The molecule has 0 fully saturated rings. The second kappa shape index (κ2) is 10.2. The van der Waals surface area contributed by atoms with Gasteiger partial charge >= 0.3 is 12.4 Å². The van der Waals surface area contributed by atoms with Crippen LogP contribution in [-0.4, -0.2) is 11.0 Å². The molecule has 0 unspecified atom stereocenters. The Kier molecular flexibility index (Phi) is 7.49. The van der Waals surface area contributed by atoms with Gasteiger partial charge in [0.05, 0.1) is 21.8 Å². The minimum absolute atomic E-state index is 0.104. The predicted octanol–water partition coefficient (Wildman–Crippen LogP) is 8.03. The van der Waals surface area contributed by atoms with E-state index < -0.39 is 45.9 Å². The average Bonchev–Trinajstić information content (AvgIpc) is 2.80. The van der Waals surface area contributed by atoms with Gasteiger partial charge in [0, 0.05) is 11.3 Å². The molecule has 2 N–H and O–H groups in total. The van der Waals surface area contributed by atoms with Gasteiger partial charge in [-0.25, -0.2) is 0 Å². The zero-order valence-corrected chi connectivity index (χ0v) is 18.1. The first-order valence-electron chi connectivity index (χ1n) is 9.62. The van der Waals surface area contributed by atoms with Crippen LogP contribution in [0.5, 0.6) is 0 Å². The lowest BCUT2D eigenvalue weighted by Gasteiger charge is -2.12.